The number of carbonyl (C=O) groups is 1. The van der Waals surface area contributed by atoms with E-state index in [1.54, 1.807) is 0 Å². The SMILES string of the molecule is CC(CCc1ccccc1)NC(=O)c1nnc(N)s1. The number of nitrogens with two attached hydrogens (primary N) is 1. The zero-order valence-electron chi connectivity index (χ0n) is 10.7. The highest BCUT2D eigenvalue weighted by Crippen LogP contribution is 2.11. The molecule has 0 radical (unpaired) electrons. The standard InChI is InChI=1S/C13H16N4OS/c1-9(7-8-10-5-3-2-4-6-10)15-11(18)12-16-17-13(14)19-12/h2-6,9H,7-8H2,1H3,(H2,14,17)(H,15,18). The van der Waals surface area contributed by atoms with Crippen molar-refractivity contribution in [2.75, 3.05) is 5.73 Å². The van der Waals surface area contributed by atoms with E-state index in [0.717, 1.165) is 24.2 Å². The summed E-state index contributed by atoms with van der Waals surface area (Å²) in [6, 6.07) is 10.3. The van der Waals surface area contributed by atoms with Crippen LogP contribution in [0.2, 0.25) is 0 Å². The largest absolute Gasteiger partial charge is 0.374 e. The number of hydrogen-bond acceptors (Lipinski definition) is 5. The predicted molar refractivity (Wildman–Crippen MR) is 76.0 cm³/mol. The Balaban J connectivity index is 1.81. The lowest BCUT2D eigenvalue weighted by Crippen LogP contribution is -2.32. The first kappa shape index (κ1) is 13.5. The van der Waals surface area contributed by atoms with Crippen LogP contribution in [0.5, 0.6) is 0 Å². The number of amides is 1. The van der Waals surface area contributed by atoms with Crippen LogP contribution in [0.15, 0.2) is 30.3 Å². The Morgan fingerprint density at radius 2 is 2.11 bits per heavy atom. The molecular weight excluding hydrogens is 260 g/mol. The highest BCUT2D eigenvalue weighted by molar-refractivity contribution is 7.16. The van der Waals surface area contributed by atoms with Gasteiger partial charge in [-0.2, -0.15) is 0 Å². The van der Waals surface area contributed by atoms with Crippen LogP contribution in [0.1, 0.15) is 28.7 Å². The number of aryl methyl sites for hydroxylation is 1. The molecule has 0 aliphatic carbocycles. The first-order valence-corrected chi connectivity index (χ1v) is 6.90. The van der Waals surface area contributed by atoms with Gasteiger partial charge in [0.1, 0.15) is 0 Å². The van der Waals surface area contributed by atoms with Crippen LogP contribution in [-0.4, -0.2) is 22.1 Å². The number of anilines is 1. The molecule has 19 heavy (non-hydrogen) atoms. The van der Waals surface area contributed by atoms with Gasteiger partial charge in [-0.1, -0.05) is 41.7 Å². The van der Waals surface area contributed by atoms with Crippen LogP contribution >= 0.6 is 11.3 Å². The zero-order valence-corrected chi connectivity index (χ0v) is 11.5. The highest BCUT2D eigenvalue weighted by atomic mass is 32.1. The van der Waals surface area contributed by atoms with Gasteiger partial charge in [0, 0.05) is 6.04 Å². The molecule has 0 aliphatic rings. The summed E-state index contributed by atoms with van der Waals surface area (Å²) in [5, 5.41) is 10.9. The summed E-state index contributed by atoms with van der Waals surface area (Å²) in [6.07, 6.45) is 1.81. The van der Waals surface area contributed by atoms with Crippen molar-refractivity contribution in [2.45, 2.75) is 25.8 Å². The topological polar surface area (TPSA) is 80.9 Å². The van der Waals surface area contributed by atoms with E-state index in [1.165, 1.54) is 5.56 Å². The third-order valence-corrected chi connectivity index (χ3v) is 3.47. The van der Waals surface area contributed by atoms with E-state index in [1.807, 2.05) is 25.1 Å². The Kier molecular flexibility index (Phi) is 4.46. The van der Waals surface area contributed by atoms with Gasteiger partial charge in [0.05, 0.1) is 0 Å². The summed E-state index contributed by atoms with van der Waals surface area (Å²) in [6.45, 7) is 1.98. The molecule has 1 aromatic heterocycles. The average molecular weight is 276 g/mol. The van der Waals surface area contributed by atoms with E-state index < -0.39 is 0 Å². The Morgan fingerprint density at radius 1 is 1.37 bits per heavy atom. The number of aromatic nitrogens is 2. The number of rotatable bonds is 5. The van der Waals surface area contributed by atoms with E-state index in [9.17, 15) is 4.79 Å². The number of nitrogens with zero attached hydrogens (tertiary/aromatic N) is 2. The van der Waals surface area contributed by atoms with Crippen molar-refractivity contribution in [3.8, 4) is 0 Å². The normalized spacial score (nSPS) is 12.1. The third-order valence-electron chi connectivity index (χ3n) is 2.72. The van der Waals surface area contributed by atoms with E-state index >= 15 is 0 Å². The molecule has 5 nitrogen and oxygen atoms in total. The van der Waals surface area contributed by atoms with Crippen molar-refractivity contribution >= 4 is 22.4 Å². The van der Waals surface area contributed by atoms with E-state index in [0.29, 0.717) is 10.1 Å². The van der Waals surface area contributed by atoms with Gasteiger partial charge in [0.2, 0.25) is 10.1 Å². The monoisotopic (exact) mass is 276 g/mol. The molecule has 1 unspecified atom stereocenters. The van der Waals surface area contributed by atoms with Gasteiger partial charge in [-0.3, -0.25) is 4.79 Å². The fraction of sp³-hybridized carbons (Fsp3) is 0.308. The van der Waals surface area contributed by atoms with Gasteiger partial charge in [0.15, 0.2) is 0 Å². The Hall–Kier alpha value is -1.95. The van der Waals surface area contributed by atoms with Crippen LogP contribution in [0, 0.1) is 0 Å². The molecule has 1 heterocycles. The molecule has 0 spiro atoms. The molecule has 1 aromatic carbocycles. The molecule has 0 fully saturated rings. The van der Waals surface area contributed by atoms with Crippen molar-refractivity contribution in [3.63, 3.8) is 0 Å². The van der Waals surface area contributed by atoms with Crippen molar-refractivity contribution in [1.82, 2.24) is 15.5 Å². The van der Waals surface area contributed by atoms with Crippen LogP contribution < -0.4 is 11.1 Å². The Bertz CT molecular complexity index is 541. The molecule has 6 heteroatoms. The zero-order chi connectivity index (χ0) is 13.7. The quantitative estimate of drug-likeness (QED) is 0.873. The lowest BCUT2D eigenvalue weighted by molar-refractivity contribution is 0.0937. The van der Waals surface area contributed by atoms with Gasteiger partial charge in [-0.15, -0.1) is 10.2 Å². The number of nitrogens with one attached hydrogen (secondary N) is 1. The average Bonchev–Trinajstić information content (AvgIpc) is 2.84. The maximum atomic E-state index is 11.8. The minimum Gasteiger partial charge on any atom is -0.374 e. The molecule has 2 rings (SSSR count). The van der Waals surface area contributed by atoms with Crippen LogP contribution in [0.4, 0.5) is 5.13 Å². The van der Waals surface area contributed by atoms with Gasteiger partial charge < -0.3 is 11.1 Å². The summed E-state index contributed by atoms with van der Waals surface area (Å²) in [5.74, 6) is -0.213. The van der Waals surface area contributed by atoms with Crippen LogP contribution in [0.25, 0.3) is 0 Å². The molecule has 1 atom stereocenters. The van der Waals surface area contributed by atoms with E-state index in [2.05, 4.69) is 27.6 Å². The highest BCUT2D eigenvalue weighted by Gasteiger charge is 2.14. The molecule has 0 aliphatic heterocycles. The van der Waals surface area contributed by atoms with Gasteiger partial charge in [0.25, 0.3) is 5.91 Å². The van der Waals surface area contributed by atoms with E-state index in [-0.39, 0.29) is 11.9 Å². The Morgan fingerprint density at radius 3 is 2.74 bits per heavy atom. The smallest absolute Gasteiger partial charge is 0.282 e. The maximum absolute atomic E-state index is 11.8. The lowest BCUT2D eigenvalue weighted by Gasteiger charge is -2.12. The maximum Gasteiger partial charge on any atom is 0.282 e. The van der Waals surface area contributed by atoms with Gasteiger partial charge in [-0.05, 0) is 25.3 Å². The molecule has 3 N–H and O–H groups in total. The summed E-state index contributed by atoms with van der Waals surface area (Å²) in [5.41, 5.74) is 6.71. The minimum absolute atomic E-state index is 0.0813. The fourth-order valence-corrected chi connectivity index (χ4v) is 2.22. The molecule has 2 aromatic rings. The van der Waals surface area contributed by atoms with Crippen molar-refractivity contribution in [2.24, 2.45) is 0 Å². The molecular formula is C13H16N4OS. The second-order valence-electron chi connectivity index (χ2n) is 4.34. The number of hydrogen-bond donors (Lipinski definition) is 2. The second kappa shape index (κ2) is 6.29. The van der Waals surface area contributed by atoms with Crippen molar-refractivity contribution < 1.29 is 4.79 Å². The summed E-state index contributed by atoms with van der Waals surface area (Å²) >= 11 is 1.10. The molecule has 0 saturated heterocycles. The predicted octanol–water partition coefficient (Wildman–Crippen LogP) is 1.87. The second-order valence-corrected chi connectivity index (χ2v) is 5.35. The number of benzene rings is 1. The van der Waals surface area contributed by atoms with Gasteiger partial charge >= 0.3 is 0 Å². The van der Waals surface area contributed by atoms with Crippen molar-refractivity contribution in [3.05, 3.63) is 40.9 Å². The number of nitrogen functional groups attached to an aromatic ring is 1. The number of carbonyl (C=O) groups excluding carboxylic acids is 1. The summed E-state index contributed by atoms with van der Waals surface area (Å²) in [4.78, 5) is 11.8. The summed E-state index contributed by atoms with van der Waals surface area (Å²) in [7, 11) is 0. The van der Waals surface area contributed by atoms with Crippen LogP contribution in [-0.2, 0) is 6.42 Å². The molecule has 0 saturated carbocycles. The van der Waals surface area contributed by atoms with E-state index in [4.69, 9.17) is 5.73 Å². The molecule has 0 bridgehead atoms. The van der Waals surface area contributed by atoms with Gasteiger partial charge in [-0.25, -0.2) is 0 Å². The lowest BCUT2D eigenvalue weighted by atomic mass is 10.1. The molecule has 1 amide bonds. The molecule has 100 valence electrons. The fourth-order valence-electron chi connectivity index (χ4n) is 1.71. The van der Waals surface area contributed by atoms with Crippen molar-refractivity contribution in [1.29, 1.82) is 0 Å². The first-order chi connectivity index (χ1) is 9.15. The van der Waals surface area contributed by atoms with Crippen LogP contribution in [0.3, 0.4) is 0 Å². The minimum atomic E-state index is -0.213. The first-order valence-electron chi connectivity index (χ1n) is 6.09. The third kappa shape index (κ3) is 4.03. The Labute approximate surface area is 115 Å². The summed E-state index contributed by atoms with van der Waals surface area (Å²) < 4.78 is 0.